The second-order valence-electron chi connectivity index (χ2n) is 5.50. The summed E-state index contributed by atoms with van der Waals surface area (Å²) in [6, 6.07) is 18.3. The molecule has 0 saturated carbocycles. The first-order valence-electron chi connectivity index (χ1n) is 7.57. The van der Waals surface area contributed by atoms with Gasteiger partial charge in [-0.3, -0.25) is 9.59 Å². The minimum atomic E-state index is -0.221. The summed E-state index contributed by atoms with van der Waals surface area (Å²) in [7, 11) is 1.71. The molecule has 24 heavy (non-hydrogen) atoms. The highest BCUT2D eigenvalue weighted by Gasteiger charge is 2.18. The van der Waals surface area contributed by atoms with Crippen LogP contribution in [0.25, 0.3) is 0 Å². The molecular formula is C19H19N3O2. The van der Waals surface area contributed by atoms with Crippen LogP contribution in [0.2, 0.25) is 0 Å². The van der Waals surface area contributed by atoms with Crippen LogP contribution in [-0.2, 0) is 16.1 Å². The first-order valence-corrected chi connectivity index (χ1v) is 7.57. The quantitative estimate of drug-likeness (QED) is 0.850. The molecule has 0 unspecified atom stereocenters. The van der Waals surface area contributed by atoms with Gasteiger partial charge in [0.15, 0.2) is 0 Å². The lowest BCUT2D eigenvalue weighted by atomic mass is 10.2. The summed E-state index contributed by atoms with van der Waals surface area (Å²) in [5.41, 5.74) is 2.14. The maximum absolute atomic E-state index is 12.4. The van der Waals surface area contributed by atoms with Gasteiger partial charge in [0, 0.05) is 26.2 Å². The van der Waals surface area contributed by atoms with Gasteiger partial charge >= 0.3 is 0 Å². The molecule has 0 aromatic heterocycles. The maximum atomic E-state index is 12.4. The van der Waals surface area contributed by atoms with Gasteiger partial charge < -0.3 is 9.80 Å². The topological polar surface area (TPSA) is 64.4 Å². The lowest BCUT2D eigenvalue weighted by molar-refractivity contribution is -0.130. The van der Waals surface area contributed by atoms with Crippen molar-refractivity contribution in [2.24, 2.45) is 0 Å². The van der Waals surface area contributed by atoms with Crippen molar-refractivity contribution in [2.75, 3.05) is 18.5 Å². The zero-order valence-corrected chi connectivity index (χ0v) is 13.8. The first kappa shape index (κ1) is 17.2. The molecule has 0 radical (unpaired) electrons. The predicted octanol–water partition coefficient (Wildman–Crippen LogP) is 2.57. The molecule has 5 nitrogen and oxygen atoms in total. The number of likely N-dealkylation sites (N-methyl/N-ethyl adjacent to an activating group) is 1. The summed E-state index contributed by atoms with van der Waals surface area (Å²) >= 11 is 0. The average molecular weight is 321 g/mol. The number of carbonyl (C=O) groups excluding carboxylic acids is 2. The summed E-state index contributed by atoms with van der Waals surface area (Å²) < 4.78 is 0. The molecule has 0 aliphatic carbocycles. The van der Waals surface area contributed by atoms with Crippen LogP contribution in [0.15, 0.2) is 54.6 Å². The molecule has 0 spiro atoms. The largest absolute Gasteiger partial charge is 0.340 e. The number of anilines is 1. The molecule has 0 aliphatic rings. The van der Waals surface area contributed by atoms with Crippen molar-refractivity contribution < 1.29 is 9.59 Å². The molecule has 0 N–H and O–H groups in total. The molecule has 2 amide bonds. The molecule has 5 heteroatoms. The van der Waals surface area contributed by atoms with Gasteiger partial charge in [0.05, 0.1) is 11.6 Å². The van der Waals surface area contributed by atoms with E-state index in [1.807, 2.05) is 36.4 Å². The highest BCUT2D eigenvalue weighted by atomic mass is 16.2. The second-order valence-corrected chi connectivity index (χ2v) is 5.50. The zero-order valence-electron chi connectivity index (χ0n) is 13.8. The van der Waals surface area contributed by atoms with Gasteiger partial charge in [-0.05, 0) is 29.8 Å². The summed E-state index contributed by atoms with van der Waals surface area (Å²) in [5.74, 6) is -0.375. The minimum Gasteiger partial charge on any atom is -0.340 e. The highest BCUT2D eigenvalue weighted by Crippen LogP contribution is 2.16. The summed E-state index contributed by atoms with van der Waals surface area (Å²) in [5, 5.41) is 8.84. The number of hydrogen-bond donors (Lipinski definition) is 0. The van der Waals surface area contributed by atoms with Gasteiger partial charge in [-0.15, -0.1) is 0 Å². The smallest absolute Gasteiger partial charge is 0.242 e. The number of rotatable bonds is 5. The third kappa shape index (κ3) is 4.43. The number of benzene rings is 2. The molecule has 2 rings (SSSR count). The van der Waals surface area contributed by atoms with Crippen molar-refractivity contribution in [3.05, 3.63) is 65.7 Å². The maximum Gasteiger partial charge on any atom is 0.242 e. The fourth-order valence-corrected chi connectivity index (χ4v) is 2.30. The Kier molecular flexibility index (Phi) is 5.69. The Balaban J connectivity index is 2.07. The zero-order chi connectivity index (χ0) is 17.5. The lowest BCUT2D eigenvalue weighted by Crippen LogP contribution is -2.40. The van der Waals surface area contributed by atoms with E-state index < -0.39 is 0 Å². The van der Waals surface area contributed by atoms with Gasteiger partial charge in [0.25, 0.3) is 0 Å². The van der Waals surface area contributed by atoms with E-state index in [1.165, 1.54) is 11.8 Å². The Bertz CT molecular complexity index is 748. The van der Waals surface area contributed by atoms with Crippen molar-refractivity contribution in [1.29, 1.82) is 5.26 Å². The Morgan fingerprint density at radius 1 is 1.04 bits per heavy atom. The van der Waals surface area contributed by atoms with Crippen LogP contribution < -0.4 is 4.90 Å². The monoisotopic (exact) mass is 321 g/mol. The standard InChI is InChI=1S/C19H19N3O2/c1-15(23)22(18-10-8-16(12-20)9-11-18)14-19(24)21(2)13-17-6-4-3-5-7-17/h3-11H,13-14H2,1-2H3. The third-order valence-electron chi connectivity index (χ3n) is 3.67. The van der Waals surface area contributed by atoms with Gasteiger partial charge in [0.2, 0.25) is 11.8 Å². The fourth-order valence-electron chi connectivity index (χ4n) is 2.30. The normalized spacial score (nSPS) is 9.88. The lowest BCUT2D eigenvalue weighted by Gasteiger charge is -2.24. The molecule has 0 aliphatic heterocycles. The van der Waals surface area contributed by atoms with E-state index in [4.69, 9.17) is 5.26 Å². The number of nitrogens with zero attached hydrogens (tertiary/aromatic N) is 3. The molecule has 0 heterocycles. The number of hydrogen-bond acceptors (Lipinski definition) is 3. The van der Waals surface area contributed by atoms with Crippen molar-refractivity contribution >= 4 is 17.5 Å². The van der Waals surface area contributed by atoms with Gasteiger partial charge in [0.1, 0.15) is 6.54 Å². The van der Waals surface area contributed by atoms with Crippen LogP contribution in [0.4, 0.5) is 5.69 Å². The number of nitriles is 1. The number of carbonyl (C=O) groups is 2. The molecule has 2 aromatic carbocycles. The summed E-state index contributed by atoms with van der Waals surface area (Å²) in [6.45, 7) is 1.87. The van der Waals surface area contributed by atoms with Crippen LogP contribution in [0, 0.1) is 11.3 Å². The van der Waals surface area contributed by atoms with E-state index in [0.717, 1.165) is 5.56 Å². The van der Waals surface area contributed by atoms with E-state index in [-0.39, 0.29) is 18.4 Å². The van der Waals surface area contributed by atoms with Crippen LogP contribution in [0.5, 0.6) is 0 Å². The Morgan fingerprint density at radius 2 is 1.67 bits per heavy atom. The summed E-state index contributed by atoms with van der Waals surface area (Å²) in [6.07, 6.45) is 0. The number of amides is 2. The van der Waals surface area contributed by atoms with Crippen molar-refractivity contribution in [3.8, 4) is 6.07 Å². The molecule has 0 saturated heterocycles. The average Bonchev–Trinajstić information content (AvgIpc) is 2.60. The Morgan fingerprint density at radius 3 is 2.21 bits per heavy atom. The molecule has 122 valence electrons. The molecule has 0 bridgehead atoms. The van der Waals surface area contributed by atoms with Crippen molar-refractivity contribution in [1.82, 2.24) is 4.90 Å². The van der Waals surface area contributed by atoms with Gasteiger partial charge in [-0.2, -0.15) is 5.26 Å². The molecular weight excluding hydrogens is 302 g/mol. The SMILES string of the molecule is CC(=O)N(CC(=O)N(C)Cc1ccccc1)c1ccc(C#N)cc1. The first-order chi connectivity index (χ1) is 11.5. The molecule has 2 aromatic rings. The Hall–Kier alpha value is -3.13. The van der Waals surface area contributed by atoms with E-state index in [0.29, 0.717) is 17.8 Å². The second kappa shape index (κ2) is 7.93. The van der Waals surface area contributed by atoms with Crippen LogP contribution in [0.3, 0.4) is 0 Å². The third-order valence-corrected chi connectivity index (χ3v) is 3.67. The summed E-state index contributed by atoms with van der Waals surface area (Å²) in [4.78, 5) is 27.3. The van der Waals surface area contributed by atoms with E-state index in [9.17, 15) is 9.59 Å². The van der Waals surface area contributed by atoms with E-state index in [1.54, 1.807) is 36.2 Å². The molecule has 0 fully saturated rings. The van der Waals surface area contributed by atoms with Gasteiger partial charge in [-0.25, -0.2) is 0 Å². The van der Waals surface area contributed by atoms with Gasteiger partial charge in [-0.1, -0.05) is 30.3 Å². The van der Waals surface area contributed by atoms with Crippen molar-refractivity contribution in [3.63, 3.8) is 0 Å². The predicted molar refractivity (Wildman–Crippen MR) is 92.1 cm³/mol. The fraction of sp³-hybridized carbons (Fsp3) is 0.211. The minimum absolute atomic E-state index is 0.0371. The van der Waals surface area contributed by atoms with Crippen LogP contribution in [0.1, 0.15) is 18.1 Å². The molecule has 0 atom stereocenters. The highest BCUT2D eigenvalue weighted by molar-refractivity contribution is 5.97. The van der Waals surface area contributed by atoms with E-state index in [2.05, 4.69) is 0 Å². The van der Waals surface area contributed by atoms with Crippen LogP contribution >= 0.6 is 0 Å². The van der Waals surface area contributed by atoms with Crippen molar-refractivity contribution in [2.45, 2.75) is 13.5 Å². The van der Waals surface area contributed by atoms with Crippen LogP contribution in [-0.4, -0.2) is 30.3 Å². The van der Waals surface area contributed by atoms with E-state index >= 15 is 0 Å². The Labute approximate surface area is 141 Å².